The van der Waals surface area contributed by atoms with Crippen molar-refractivity contribution >= 4 is 17.7 Å². The van der Waals surface area contributed by atoms with Gasteiger partial charge in [-0.05, 0) is 23.6 Å². The predicted octanol–water partition coefficient (Wildman–Crippen LogP) is 2.02. The maximum absolute atomic E-state index is 12.1. The summed E-state index contributed by atoms with van der Waals surface area (Å²) in [6, 6.07) is 6.39. The Kier molecular flexibility index (Phi) is 6.43. The zero-order valence-corrected chi connectivity index (χ0v) is 14.7. The highest BCUT2D eigenvalue weighted by molar-refractivity contribution is 5.89. The first-order valence-corrected chi connectivity index (χ1v) is 8.29. The molecule has 1 aromatic carbocycles. The van der Waals surface area contributed by atoms with Gasteiger partial charge in [-0.3, -0.25) is 19.7 Å². The number of esters is 2. The van der Waals surface area contributed by atoms with E-state index in [1.807, 2.05) is 0 Å². The molecule has 8 nitrogen and oxygen atoms in total. The lowest BCUT2D eigenvalue weighted by Crippen LogP contribution is -2.27. The first kappa shape index (κ1) is 19.6. The van der Waals surface area contributed by atoms with Gasteiger partial charge in [0.2, 0.25) is 6.54 Å². The molecule has 1 fully saturated rings. The molecule has 0 bridgehead atoms. The molecule has 1 aromatic rings. The molecule has 0 radical (unpaired) electrons. The molecule has 0 saturated heterocycles. The van der Waals surface area contributed by atoms with Gasteiger partial charge in [0.1, 0.15) is 12.4 Å². The molecule has 0 aromatic heterocycles. The van der Waals surface area contributed by atoms with Gasteiger partial charge in [0, 0.05) is 23.2 Å². The van der Waals surface area contributed by atoms with Crippen molar-refractivity contribution in [1.29, 1.82) is 0 Å². The number of hydrogen-bond acceptors (Lipinski definition) is 7. The highest BCUT2D eigenvalue weighted by Gasteiger charge is 2.44. The first-order chi connectivity index (χ1) is 12.3. The number of methoxy groups -OCH3 is 1. The molecular formula is C18H21NO7. The molecule has 140 valence electrons. The van der Waals surface area contributed by atoms with E-state index in [-0.39, 0.29) is 37.7 Å². The van der Waals surface area contributed by atoms with Crippen LogP contribution in [-0.4, -0.2) is 36.3 Å². The van der Waals surface area contributed by atoms with Crippen LogP contribution in [-0.2, 0) is 25.7 Å². The molecule has 0 aliphatic heterocycles. The summed E-state index contributed by atoms with van der Waals surface area (Å²) < 4.78 is 9.78. The second kappa shape index (κ2) is 8.55. The Labute approximate surface area is 150 Å². The van der Waals surface area contributed by atoms with Crippen LogP contribution in [0.1, 0.15) is 35.7 Å². The van der Waals surface area contributed by atoms with Crippen molar-refractivity contribution in [3.05, 3.63) is 45.5 Å². The zero-order chi connectivity index (χ0) is 19.3. The number of hydrogen-bond donors (Lipinski definition) is 0. The summed E-state index contributed by atoms with van der Waals surface area (Å²) >= 11 is 0. The van der Waals surface area contributed by atoms with Crippen LogP contribution in [0, 0.1) is 27.9 Å². The number of ketones is 1. The molecule has 1 aliphatic rings. The fourth-order valence-corrected chi connectivity index (χ4v) is 3.26. The molecular weight excluding hydrogens is 342 g/mol. The van der Waals surface area contributed by atoms with E-state index in [1.54, 1.807) is 31.2 Å². The van der Waals surface area contributed by atoms with E-state index in [2.05, 4.69) is 4.74 Å². The molecule has 0 unspecified atom stereocenters. The lowest BCUT2D eigenvalue weighted by molar-refractivity contribution is -0.490. The lowest BCUT2D eigenvalue weighted by atomic mass is 9.88. The minimum Gasteiger partial charge on any atom is -0.465 e. The smallest absolute Gasteiger partial charge is 0.337 e. The minimum absolute atomic E-state index is 0.00332. The van der Waals surface area contributed by atoms with Crippen LogP contribution >= 0.6 is 0 Å². The van der Waals surface area contributed by atoms with Crippen LogP contribution in [0.25, 0.3) is 0 Å². The third-order valence-electron chi connectivity index (χ3n) is 4.71. The van der Waals surface area contributed by atoms with E-state index in [0.717, 1.165) is 0 Å². The van der Waals surface area contributed by atoms with E-state index < -0.39 is 28.7 Å². The SMILES string of the molecule is COC(=O)c1ccc(COC(=O)C[C@H]2C(=O)C[C@H](C)[C@H]2C[N+](=O)[O-])cc1. The van der Waals surface area contributed by atoms with Crippen molar-refractivity contribution in [3.8, 4) is 0 Å². The monoisotopic (exact) mass is 363 g/mol. The van der Waals surface area contributed by atoms with E-state index in [0.29, 0.717) is 11.1 Å². The third-order valence-corrected chi connectivity index (χ3v) is 4.71. The minimum atomic E-state index is -0.662. The number of carbonyl (C=O) groups excluding carboxylic acids is 3. The number of rotatable bonds is 7. The number of carbonyl (C=O) groups is 3. The molecule has 1 saturated carbocycles. The molecule has 26 heavy (non-hydrogen) atoms. The number of nitro groups is 1. The van der Waals surface area contributed by atoms with Crippen molar-refractivity contribution in [3.63, 3.8) is 0 Å². The van der Waals surface area contributed by atoms with Crippen molar-refractivity contribution < 1.29 is 28.8 Å². The van der Waals surface area contributed by atoms with E-state index in [1.165, 1.54) is 7.11 Å². The second-order valence-corrected chi connectivity index (χ2v) is 6.49. The van der Waals surface area contributed by atoms with Crippen molar-refractivity contribution in [2.75, 3.05) is 13.7 Å². The van der Waals surface area contributed by atoms with Crippen molar-refractivity contribution in [2.45, 2.75) is 26.4 Å². The summed E-state index contributed by atoms with van der Waals surface area (Å²) in [6.07, 6.45) is 0.105. The van der Waals surface area contributed by atoms with Crippen LogP contribution in [0.2, 0.25) is 0 Å². The summed E-state index contributed by atoms with van der Waals surface area (Å²) in [5.74, 6) is -2.36. The fraction of sp³-hybridized carbons (Fsp3) is 0.500. The number of nitrogens with zero attached hydrogens (tertiary/aromatic N) is 1. The highest BCUT2D eigenvalue weighted by Crippen LogP contribution is 2.36. The van der Waals surface area contributed by atoms with Crippen molar-refractivity contribution in [1.82, 2.24) is 0 Å². The normalized spacial score (nSPS) is 22.1. The fourth-order valence-electron chi connectivity index (χ4n) is 3.26. The Bertz CT molecular complexity index is 698. The van der Waals surface area contributed by atoms with Crippen molar-refractivity contribution in [2.24, 2.45) is 17.8 Å². The van der Waals surface area contributed by atoms with Gasteiger partial charge in [0.05, 0.1) is 19.1 Å². The molecule has 3 atom stereocenters. The second-order valence-electron chi connectivity index (χ2n) is 6.49. The Morgan fingerprint density at radius 2 is 1.92 bits per heavy atom. The van der Waals surface area contributed by atoms with Crippen LogP contribution in [0.5, 0.6) is 0 Å². The number of benzene rings is 1. The largest absolute Gasteiger partial charge is 0.465 e. The van der Waals surface area contributed by atoms with Gasteiger partial charge in [0.25, 0.3) is 0 Å². The Morgan fingerprint density at radius 1 is 1.27 bits per heavy atom. The summed E-state index contributed by atoms with van der Waals surface area (Å²) in [7, 11) is 1.29. The van der Waals surface area contributed by atoms with Gasteiger partial charge in [-0.1, -0.05) is 19.1 Å². The Morgan fingerprint density at radius 3 is 2.50 bits per heavy atom. The zero-order valence-electron chi connectivity index (χ0n) is 14.7. The number of Topliss-reactive ketones (excluding diaryl/α,β-unsaturated/α-hetero) is 1. The van der Waals surface area contributed by atoms with Gasteiger partial charge in [-0.2, -0.15) is 0 Å². The van der Waals surface area contributed by atoms with E-state index in [9.17, 15) is 24.5 Å². The molecule has 1 aliphatic carbocycles. The molecule has 8 heteroatoms. The molecule has 0 N–H and O–H groups in total. The average molecular weight is 363 g/mol. The molecule has 0 amide bonds. The van der Waals surface area contributed by atoms with Crippen LogP contribution < -0.4 is 0 Å². The van der Waals surface area contributed by atoms with Gasteiger partial charge < -0.3 is 9.47 Å². The summed E-state index contributed by atoms with van der Waals surface area (Å²) in [5.41, 5.74) is 1.06. The predicted molar refractivity (Wildman–Crippen MR) is 89.8 cm³/mol. The maximum Gasteiger partial charge on any atom is 0.337 e. The average Bonchev–Trinajstić information content (AvgIpc) is 2.86. The number of ether oxygens (including phenoxy) is 2. The van der Waals surface area contributed by atoms with E-state index in [4.69, 9.17) is 4.74 Å². The van der Waals surface area contributed by atoms with Gasteiger partial charge in [0.15, 0.2) is 0 Å². The Hall–Kier alpha value is -2.77. The highest BCUT2D eigenvalue weighted by atomic mass is 16.6. The third kappa shape index (κ3) is 4.87. The summed E-state index contributed by atoms with van der Waals surface area (Å²) in [6.45, 7) is 1.47. The van der Waals surface area contributed by atoms with Crippen LogP contribution in [0.4, 0.5) is 0 Å². The van der Waals surface area contributed by atoms with Crippen LogP contribution in [0.15, 0.2) is 24.3 Å². The topological polar surface area (TPSA) is 113 Å². The molecule has 0 heterocycles. The molecule has 0 spiro atoms. The van der Waals surface area contributed by atoms with Gasteiger partial charge >= 0.3 is 11.9 Å². The van der Waals surface area contributed by atoms with Crippen LogP contribution in [0.3, 0.4) is 0 Å². The van der Waals surface area contributed by atoms with E-state index >= 15 is 0 Å². The first-order valence-electron chi connectivity index (χ1n) is 8.29. The quantitative estimate of drug-likeness (QED) is 0.414. The lowest BCUT2D eigenvalue weighted by Gasteiger charge is -2.17. The molecule has 2 rings (SSSR count). The maximum atomic E-state index is 12.1. The van der Waals surface area contributed by atoms with Gasteiger partial charge in [-0.25, -0.2) is 4.79 Å². The standard InChI is InChI=1S/C18H21NO7/c1-11-7-16(20)14(15(11)9-19(23)24)8-17(21)26-10-12-3-5-13(6-4-12)18(22)25-2/h3-6,11,14-15H,7-10H2,1-2H3/t11-,14+,15+/m0/s1. The Balaban J connectivity index is 1.90. The van der Waals surface area contributed by atoms with Gasteiger partial charge in [-0.15, -0.1) is 0 Å². The summed E-state index contributed by atoms with van der Waals surface area (Å²) in [5, 5.41) is 10.8. The summed E-state index contributed by atoms with van der Waals surface area (Å²) in [4.78, 5) is 45.8.